The summed E-state index contributed by atoms with van der Waals surface area (Å²) in [6.07, 6.45) is 5.04. The lowest BCUT2D eigenvalue weighted by Crippen LogP contribution is -1.95. The third-order valence-electron chi connectivity index (χ3n) is 1.58. The van der Waals surface area contributed by atoms with Crippen LogP contribution in [0.25, 0.3) is 0 Å². The van der Waals surface area contributed by atoms with Crippen molar-refractivity contribution < 1.29 is 5.11 Å². The molecule has 0 saturated carbocycles. The maximum absolute atomic E-state index is 8.63. The lowest BCUT2D eigenvalue weighted by molar-refractivity contribution is 0.288. The fraction of sp³-hybridized carbons (Fsp3) is 0.500. The van der Waals surface area contributed by atoms with Crippen LogP contribution in [0.15, 0.2) is 11.4 Å². The molecule has 0 atom stereocenters. The Balaban J connectivity index is 2.73. The Morgan fingerprint density at radius 1 is 1.62 bits per heavy atom. The average Bonchev–Trinajstić information content (AvgIpc) is 2.16. The number of aliphatic hydroxyl groups is 1. The fourth-order valence-electron chi connectivity index (χ4n) is 0.907. The van der Waals surface area contributed by atoms with Crippen molar-refractivity contribution in [1.82, 2.24) is 9.97 Å². The summed E-state index contributed by atoms with van der Waals surface area (Å²) in [6, 6.07) is 0. The molecule has 0 bridgehead atoms. The normalized spacial score (nSPS) is 10.4. The number of aliphatic hydroxyl groups excluding tert-OH is 1. The van der Waals surface area contributed by atoms with E-state index in [1.165, 1.54) is 11.8 Å². The van der Waals surface area contributed by atoms with Gasteiger partial charge in [-0.1, -0.05) is 23.4 Å². The van der Waals surface area contributed by atoms with Crippen LogP contribution < -0.4 is 0 Å². The van der Waals surface area contributed by atoms with Gasteiger partial charge < -0.3 is 5.11 Å². The summed E-state index contributed by atoms with van der Waals surface area (Å²) in [5.74, 6) is 0. The Morgan fingerprint density at radius 2 is 2.38 bits per heavy atom. The van der Waals surface area contributed by atoms with Gasteiger partial charge in [-0.05, 0) is 19.1 Å². The second kappa shape index (κ2) is 5.42. The van der Waals surface area contributed by atoms with Gasteiger partial charge in [0.2, 0.25) is 0 Å². The topological polar surface area (TPSA) is 46.0 Å². The first-order valence-electron chi connectivity index (χ1n) is 3.94. The SMILES string of the molecule is CSc1ncc(CCCO)c(Cl)n1. The van der Waals surface area contributed by atoms with Crippen LogP contribution in [0.4, 0.5) is 0 Å². The van der Waals surface area contributed by atoms with E-state index >= 15 is 0 Å². The highest BCUT2D eigenvalue weighted by Gasteiger charge is 2.03. The summed E-state index contributed by atoms with van der Waals surface area (Å²) in [5.41, 5.74) is 0.897. The van der Waals surface area contributed by atoms with E-state index in [1.807, 2.05) is 6.26 Å². The lowest BCUT2D eigenvalue weighted by atomic mass is 10.2. The molecule has 72 valence electrons. The molecule has 1 N–H and O–H groups in total. The van der Waals surface area contributed by atoms with Crippen molar-refractivity contribution in [1.29, 1.82) is 0 Å². The minimum Gasteiger partial charge on any atom is -0.396 e. The molecule has 1 aromatic rings. The zero-order chi connectivity index (χ0) is 9.68. The number of thioether (sulfide) groups is 1. The van der Waals surface area contributed by atoms with Gasteiger partial charge in [0.25, 0.3) is 0 Å². The molecule has 0 saturated heterocycles. The van der Waals surface area contributed by atoms with Gasteiger partial charge in [0.1, 0.15) is 5.15 Å². The van der Waals surface area contributed by atoms with Crippen molar-refractivity contribution in [2.24, 2.45) is 0 Å². The molecule has 0 amide bonds. The predicted octanol–water partition coefficient (Wildman–Crippen LogP) is 1.78. The molecule has 1 aromatic heterocycles. The molecule has 0 aromatic carbocycles. The maximum Gasteiger partial charge on any atom is 0.188 e. The van der Waals surface area contributed by atoms with Crippen LogP contribution in [-0.4, -0.2) is 27.9 Å². The molecule has 0 radical (unpaired) electrons. The molecular weight excluding hydrogens is 208 g/mol. The highest BCUT2D eigenvalue weighted by molar-refractivity contribution is 7.98. The van der Waals surface area contributed by atoms with E-state index in [1.54, 1.807) is 6.20 Å². The molecule has 1 rings (SSSR count). The van der Waals surface area contributed by atoms with Gasteiger partial charge >= 0.3 is 0 Å². The highest BCUT2D eigenvalue weighted by atomic mass is 35.5. The van der Waals surface area contributed by atoms with Crippen molar-refractivity contribution in [2.45, 2.75) is 18.0 Å². The summed E-state index contributed by atoms with van der Waals surface area (Å²) in [6.45, 7) is 0.167. The smallest absolute Gasteiger partial charge is 0.188 e. The van der Waals surface area contributed by atoms with Crippen LogP contribution in [0, 0.1) is 0 Å². The zero-order valence-electron chi connectivity index (χ0n) is 7.33. The molecule has 0 aliphatic rings. The minimum atomic E-state index is 0.167. The van der Waals surface area contributed by atoms with Gasteiger partial charge in [0.15, 0.2) is 5.16 Å². The molecule has 0 fully saturated rings. The van der Waals surface area contributed by atoms with Crippen LogP contribution in [0.5, 0.6) is 0 Å². The lowest BCUT2D eigenvalue weighted by Gasteiger charge is -2.02. The van der Waals surface area contributed by atoms with Crippen LogP contribution in [0.2, 0.25) is 5.15 Å². The number of hydrogen-bond donors (Lipinski definition) is 1. The molecule has 0 aliphatic heterocycles. The minimum absolute atomic E-state index is 0.167. The predicted molar refractivity (Wildman–Crippen MR) is 54.2 cm³/mol. The Hall–Kier alpha value is -0.320. The van der Waals surface area contributed by atoms with Gasteiger partial charge in [0, 0.05) is 18.4 Å². The summed E-state index contributed by atoms with van der Waals surface area (Å²) in [7, 11) is 0. The molecule has 0 unspecified atom stereocenters. The molecule has 1 heterocycles. The Kier molecular flexibility index (Phi) is 4.48. The number of hydrogen-bond acceptors (Lipinski definition) is 4. The molecular formula is C8H11ClN2OS. The third-order valence-corrected chi connectivity index (χ3v) is 2.47. The number of aromatic nitrogens is 2. The van der Waals surface area contributed by atoms with E-state index in [9.17, 15) is 0 Å². The summed E-state index contributed by atoms with van der Waals surface area (Å²) in [5, 5.41) is 9.80. The van der Waals surface area contributed by atoms with Gasteiger partial charge in [-0.2, -0.15) is 0 Å². The van der Waals surface area contributed by atoms with Crippen molar-refractivity contribution in [3.8, 4) is 0 Å². The molecule has 13 heavy (non-hydrogen) atoms. The van der Waals surface area contributed by atoms with Crippen LogP contribution in [0.3, 0.4) is 0 Å². The van der Waals surface area contributed by atoms with E-state index in [-0.39, 0.29) is 6.61 Å². The second-order valence-electron chi connectivity index (χ2n) is 2.50. The van der Waals surface area contributed by atoms with Crippen LogP contribution in [-0.2, 0) is 6.42 Å². The number of rotatable bonds is 4. The van der Waals surface area contributed by atoms with Gasteiger partial charge in [0.05, 0.1) is 0 Å². The Morgan fingerprint density at radius 3 is 2.92 bits per heavy atom. The maximum atomic E-state index is 8.63. The van der Waals surface area contributed by atoms with E-state index < -0.39 is 0 Å². The Labute approximate surface area is 86.6 Å². The highest BCUT2D eigenvalue weighted by Crippen LogP contribution is 2.17. The second-order valence-corrected chi connectivity index (χ2v) is 3.63. The van der Waals surface area contributed by atoms with Gasteiger partial charge in [-0.25, -0.2) is 9.97 Å². The summed E-state index contributed by atoms with van der Waals surface area (Å²) < 4.78 is 0. The zero-order valence-corrected chi connectivity index (χ0v) is 8.90. The first-order valence-corrected chi connectivity index (χ1v) is 5.54. The largest absolute Gasteiger partial charge is 0.396 e. The summed E-state index contributed by atoms with van der Waals surface area (Å²) in [4.78, 5) is 8.18. The molecule has 3 nitrogen and oxygen atoms in total. The molecule has 0 spiro atoms. The molecule has 5 heteroatoms. The Bertz CT molecular complexity index is 283. The van der Waals surface area contributed by atoms with Gasteiger partial charge in [-0.3, -0.25) is 0 Å². The monoisotopic (exact) mass is 218 g/mol. The van der Waals surface area contributed by atoms with Crippen molar-refractivity contribution in [3.63, 3.8) is 0 Å². The van der Waals surface area contributed by atoms with Crippen LogP contribution in [0.1, 0.15) is 12.0 Å². The fourth-order valence-corrected chi connectivity index (χ4v) is 1.52. The van der Waals surface area contributed by atoms with Gasteiger partial charge in [-0.15, -0.1) is 0 Å². The summed E-state index contributed by atoms with van der Waals surface area (Å²) >= 11 is 7.36. The standard InChI is InChI=1S/C8H11ClN2OS/c1-13-8-10-5-6(3-2-4-12)7(9)11-8/h5,12H,2-4H2,1H3. The van der Waals surface area contributed by atoms with Crippen LogP contribution >= 0.6 is 23.4 Å². The number of halogens is 1. The number of nitrogens with zero attached hydrogens (tertiary/aromatic N) is 2. The van der Waals surface area contributed by atoms with Crippen molar-refractivity contribution >= 4 is 23.4 Å². The van der Waals surface area contributed by atoms with E-state index in [4.69, 9.17) is 16.7 Å². The van der Waals surface area contributed by atoms with Crippen molar-refractivity contribution in [3.05, 3.63) is 16.9 Å². The third kappa shape index (κ3) is 3.14. The van der Waals surface area contributed by atoms with E-state index in [0.29, 0.717) is 16.7 Å². The van der Waals surface area contributed by atoms with E-state index in [0.717, 1.165) is 12.0 Å². The average molecular weight is 219 g/mol. The number of aryl methyl sites for hydroxylation is 1. The van der Waals surface area contributed by atoms with Crippen molar-refractivity contribution in [2.75, 3.05) is 12.9 Å². The van der Waals surface area contributed by atoms with E-state index in [2.05, 4.69) is 9.97 Å². The first-order chi connectivity index (χ1) is 6.27. The molecule has 0 aliphatic carbocycles. The quantitative estimate of drug-likeness (QED) is 0.476. The first kappa shape index (κ1) is 10.8.